The van der Waals surface area contributed by atoms with Gasteiger partial charge in [0.05, 0.1) is 31.7 Å². The van der Waals surface area contributed by atoms with Gasteiger partial charge in [0.15, 0.2) is 11.5 Å². The van der Waals surface area contributed by atoms with Gasteiger partial charge in [0, 0.05) is 6.42 Å². The second kappa shape index (κ2) is 4.72. The number of nitrogens with zero attached hydrogens (tertiary/aromatic N) is 4. The van der Waals surface area contributed by atoms with Gasteiger partial charge in [0.2, 0.25) is 0 Å². The summed E-state index contributed by atoms with van der Waals surface area (Å²) in [4.78, 5) is 12.2. The molecule has 0 amide bonds. The first kappa shape index (κ1) is 12.3. The third-order valence-electron chi connectivity index (χ3n) is 3.31. The topological polar surface area (TPSA) is 119 Å². The monoisotopic (exact) mass is 265 g/mol. The summed E-state index contributed by atoms with van der Waals surface area (Å²) in [5.41, 5.74) is 6.90. The van der Waals surface area contributed by atoms with Crippen molar-refractivity contribution in [3.8, 4) is 0 Å². The fraction of sp³-hybridized carbons (Fsp3) is 0.545. The van der Waals surface area contributed by atoms with Crippen molar-refractivity contribution in [2.75, 3.05) is 12.3 Å². The zero-order valence-corrected chi connectivity index (χ0v) is 10.2. The van der Waals surface area contributed by atoms with E-state index >= 15 is 0 Å². The molecule has 8 heteroatoms. The van der Waals surface area contributed by atoms with Crippen molar-refractivity contribution in [1.82, 2.24) is 19.5 Å². The fourth-order valence-electron chi connectivity index (χ4n) is 2.35. The number of fused-ring (bicyclic) bond motifs is 1. The van der Waals surface area contributed by atoms with E-state index in [1.807, 2.05) is 4.57 Å². The molecule has 3 heterocycles. The minimum absolute atomic E-state index is 0.180. The number of hydrogen-bond donors (Lipinski definition) is 3. The molecular formula is C11H15N5O3. The molecule has 1 aliphatic rings. The molecule has 0 spiro atoms. The summed E-state index contributed by atoms with van der Waals surface area (Å²) in [6.07, 6.45) is 2.16. The van der Waals surface area contributed by atoms with Gasteiger partial charge in [-0.1, -0.05) is 0 Å². The van der Waals surface area contributed by atoms with Crippen molar-refractivity contribution in [2.45, 2.75) is 31.3 Å². The lowest BCUT2D eigenvalue weighted by Crippen LogP contribution is -2.24. The maximum Gasteiger partial charge on any atom is 0.165 e. The van der Waals surface area contributed by atoms with Crippen LogP contribution in [0.25, 0.3) is 11.2 Å². The van der Waals surface area contributed by atoms with Gasteiger partial charge < -0.3 is 25.3 Å². The molecule has 4 N–H and O–H groups in total. The van der Waals surface area contributed by atoms with E-state index in [4.69, 9.17) is 15.6 Å². The van der Waals surface area contributed by atoms with E-state index in [1.54, 1.807) is 6.33 Å². The molecule has 2 aromatic rings. The van der Waals surface area contributed by atoms with Crippen LogP contribution in [0, 0.1) is 0 Å². The largest absolute Gasteiger partial charge is 0.394 e. The normalized spacial score (nSPS) is 27.2. The van der Waals surface area contributed by atoms with Crippen LogP contribution in [0.2, 0.25) is 0 Å². The van der Waals surface area contributed by atoms with E-state index in [0.717, 1.165) is 0 Å². The van der Waals surface area contributed by atoms with Gasteiger partial charge in [0.1, 0.15) is 17.9 Å². The van der Waals surface area contributed by atoms with Crippen molar-refractivity contribution < 1.29 is 14.9 Å². The maximum atomic E-state index is 9.69. The highest BCUT2D eigenvalue weighted by Gasteiger charge is 2.33. The molecule has 2 aromatic heterocycles. The van der Waals surface area contributed by atoms with Gasteiger partial charge in [-0.2, -0.15) is 0 Å². The minimum atomic E-state index is -0.635. The number of nitrogen functional groups attached to an aromatic ring is 1. The van der Waals surface area contributed by atoms with Gasteiger partial charge in [-0.25, -0.2) is 15.0 Å². The van der Waals surface area contributed by atoms with Crippen LogP contribution in [0.5, 0.6) is 0 Å². The van der Waals surface area contributed by atoms with Crippen LogP contribution < -0.4 is 5.73 Å². The van der Waals surface area contributed by atoms with Gasteiger partial charge in [-0.05, 0) is 0 Å². The van der Waals surface area contributed by atoms with E-state index < -0.39 is 12.2 Å². The molecule has 102 valence electrons. The number of anilines is 1. The van der Waals surface area contributed by atoms with E-state index in [1.165, 1.54) is 6.33 Å². The van der Waals surface area contributed by atoms with Crippen LogP contribution >= 0.6 is 0 Å². The fourth-order valence-corrected chi connectivity index (χ4v) is 2.35. The number of ether oxygens (including phenoxy) is 1. The molecule has 0 unspecified atom stereocenters. The average molecular weight is 265 g/mol. The molecule has 8 nitrogen and oxygen atoms in total. The van der Waals surface area contributed by atoms with Crippen molar-refractivity contribution >= 4 is 17.0 Å². The Hall–Kier alpha value is -1.77. The zero-order chi connectivity index (χ0) is 13.4. The zero-order valence-electron chi connectivity index (χ0n) is 10.2. The Morgan fingerprint density at radius 1 is 1.42 bits per heavy atom. The smallest absolute Gasteiger partial charge is 0.165 e. The number of imidazole rings is 1. The van der Waals surface area contributed by atoms with Crippen LogP contribution in [-0.2, 0) is 11.3 Å². The Labute approximate surface area is 108 Å². The molecule has 1 saturated heterocycles. The molecule has 19 heavy (non-hydrogen) atoms. The van der Waals surface area contributed by atoms with Crippen molar-refractivity contribution in [3.05, 3.63) is 12.7 Å². The minimum Gasteiger partial charge on any atom is -0.394 e. The van der Waals surface area contributed by atoms with E-state index in [9.17, 15) is 5.11 Å². The molecule has 0 saturated carbocycles. The summed E-state index contributed by atoms with van der Waals surface area (Å²) in [6, 6.07) is 0. The molecule has 0 radical (unpaired) electrons. The highest BCUT2D eigenvalue weighted by atomic mass is 16.5. The summed E-state index contributed by atoms with van der Waals surface area (Å²) in [6.45, 7) is 0.317. The summed E-state index contributed by atoms with van der Waals surface area (Å²) in [5, 5.41) is 18.7. The van der Waals surface area contributed by atoms with Gasteiger partial charge in [0.25, 0.3) is 0 Å². The summed E-state index contributed by atoms with van der Waals surface area (Å²) in [7, 11) is 0. The van der Waals surface area contributed by atoms with E-state index in [-0.39, 0.29) is 12.7 Å². The second-order valence-electron chi connectivity index (χ2n) is 4.61. The predicted octanol–water partition coefficient (Wildman–Crippen LogP) is -1.08. The first-order valence-electron chi connectivity index (χ1n) is 6.04. The number of aromatic nitrogens is 4. The van der Waals surface area contributed by atoms with Crippen LogP contribution in [0.1, 0.15) is 6.42 Å². The SMILES string of the molecule is Nc1ncnc2c1ncn2C[C@@H]1C[C@H](O)[C@@H](CO)O1. The first-order chi connectivity index (χ1) is 9.19. The summed E-state index contributed by atoms with van der Waals surface area (Å²) >= 11 is 0. The average Bonchev–Trinajstić information content (AvgIpc) is 2.95. The van der Waals surface area contributed by atoms with Crippen molar-refractivity contribution in [3.63, 3.8) is 0 Å². The van der Waals surface area contributed by atoms with Crippen LogP contribution in [-0.4, -0.2) is 54.7 Å². The third-order valence-corrected chi connectivity index (χ3v) is 3.31. The predicted molar refractivity (Wildman–Crippen MR) is 66.1 cm³/mol. The lowest BCUT2D eigenvalue weighted by atomic mass is 10.1. The highest BCUT2D eigenvalue weighted by molar-refractivity contribution is 5.81. The summed E-state index contributed by atoms with van der Waals surface area (Å²) < 4.78 is 7.36. The van der Waals surface area contributed by atoms with Crippen LogP contribution in [0.4, 0.5) is 5.82 Å². The molecule has 0 aromatic carbocycles. The quantitative estimate of drug-likeness (QED) is 0.645. The number of rotatable bonds is 3. The summed E-state index contributed by atoms with van der Waals surface area (Å²) in [5.74, 6) is 0.337. The van der Waals surface area contributed by atoms with Crippen molar-refractivity contribution in [2.24, 2.45) is 0 Å². The molecule has 1 aliphatic heterocycles. The number of nitrogens with two attached hydrogens (primary N) is 1. The van der Waals surface area contributed by atoms with Gasteiger partial charge >= 0.3 is 0 Å². The Kier molecular flexibility index (Phi) is 3.05. The van der Waals surface area contributed by atoms with E-state index in [0.29, 0.717) is 29.9 Å². The Bertz CT molecular complexity index is 587. The van der Waals surface area contributed by atoms with Gasteiger partial charge in [-0.3, -0.25) is 0 Å². The van der Waals surface area contributed by atoms with Crippen LogP contribution in [0.3, 0.4) is 0 Å². The number of hydrogen-bond acceptors (Lipinski definition) is 7. The maximum absolute atomic E-state index is 9.69. The molecule has 0 bridgehead atoms. The van der Waals surface area contributed by atoms with Crippen LogP contribution in [0.15, 0.2) is 12.7 Å². The second-order valence-corrected chi connectivity index (χ2v) is 4.61. The Balaban J connectivity index is 1.81. The standard InChI is InChI=1S/C11H15N5O3/c12-10-9-11(14-4-13-10)16(5-15-9)2-6-1-7(18)8(3-17)19-6/h4-8,17-18H,1-3H2,(H2,12,13,14)/t6-,7-,8+/m0/s1. The molecule has 0 aliphatic carbocycles. The molecule has 1 fully saturated rings. The third kappa shape index (κ3) is 2.14. The van der Waals surface area contributed by atoms with Gasteiger partial charge in [-0.15, -0.1) is 0 Å². The lowest BCUT2D eigenvalue weighted by molar-refractivity contribution is -0.0255. The molecule has 3 atom stereocenters. The molecular weight excluding hydrogens is 250 g/mol. The lowest BCUT2D eigenvalue weighted by Gasteiger charge is -2.12. The number of aliphatic hydroxyl groups excluding tert-OH is 2. The molecule has 3 rings (SSSR count). The van der Waals surface area contributed by atoms with Crippen molar-refractivity contribution in [1.29, 1.82) is 0 Å². The number of aliphatic hydroxyl groups is 2. The Morgan fingerprint density at radius 3 is 3.00 bits per heavy atom. The van der Waals surface area contributed by atoms with E-state index in [2.05, 4.69) is 15.0 Å². The first-order valence-corrected chi connectivity index (χ1v) is 6.04. The Morgan fingerprint density at radius 2 is 2.26 bits per heavy atom. The highest BCUT2D eigenvalue weighted by Crippen LogP contribution is 2.23.